The van der Waals surface area contributed by atoms with E-state index in [2.05, 4.69) is 6.92 Å². The van der Waals surface area contributed by atoms with Crippen molar-refractivity contribution in [3.8, 4) is 0 Å². The lowest BCUT2D eigenvalue weighted by molar-refractivity contribution is 0.537. The van der Waals surface area contributed by atoms with E-state index in [0.717, 1.165) is 6.42 Å². The fraction of sp³-hybridized carbons (Fsp3) is 0.500. The first-order valence-electron chi connectivity index (χ1n) is 5.42. The van der Waals surface area contributed by atoms with E-state index in [0.29, 0.717) is 4.90 Å². The van der Waals surface area contributed by atoms with E-state index in [4.69, 9.17) is 0 Å². The van der Waals surface area contributed by atoms with Gasteiger partial charge in [-0.1, -0.05) is 38.3 Å². The molecule has 15 heavy (non-hydrogen) atoms. The quantitative estimate of drug-likeness (QED) is 0.551. The summed E-state index contributed by atoms with van der Waals surface area (Å²) >= 11 is -2.10. The summed E-state index contributed by atoms with van der Waals surface area (Å²) in [6, 6.07) is 7.13. The van der Waals surface area contributed by atoms with E-state index in [1.165, 1.54) is 31.2 Å². The van der Waals surface area contributed by atoms with Crippen LogP contribution in [0.2, 0.25) is 0 Å². The molecule has 0 radical (unpaired) electrons. The number of rotatable bonds is 6. The minimum atomic E-state index is -2.10. The predicted octanol–water partition coefficient (Wildman–Crippen LogP) is 3.05. The smallest absolute Gasteiger partial charge is 0.0248 e. The largest absolute Gasteiger partial charge is 0.768 e. The van der Waals surface area contributed by atoms with Crippen LogP contribution < -0.4 is 0 Å². The lowest BCUT2D eigenvalue weighted by Crippen LogP contribution is -1.90. The lowest BCUT2D eigenvalue weighted by Gasteiger charge is -2.06. The Morgan fingerprint density at radius 2 is 1.80 bits per heavy atom. The van der Waals surface area contributed by atoms with Gasteiger partial charge in [0.15, 0.2) is 0 Å². The van der Waals surface area contributed by atoms with Crippen LogP contribution in [0, 0.1) is 0 Å². The van der Waals surface area contributed by atoms with Gasteiger partial charge in [0.05, 0.1) is 0 Å². The van der Waals surface area contributed by atoms with Crippen LogP contribution in [-0.4, -0.2) is 8.76 Å². The van der Waals surface area contributed by atoms with Crippen LogP contribution >= 0.6 is 0 Å². The highest BCUT2D eigenvalue weighted by Crippen LogP contribution is 2.11. The molecule has 0 N–H and O–H groups in total. The minimum Gasteiger partial charge on any atom is -0.768 e. The van der Waals surface area contributed by atoms with Crippen LogP contribution in [0.15, 0.2) is 29.2 Å². The number of aryl methyl sites for hydroxylation is 1. The molecule has 0 fully saturated rings. The number of unbranched alkanes of at least 4 members (excludes halogenated alkanes) is 3. The third-order valence-electron chi connectivity index (χ3n) is 2.43. The Kier molecular flexibility index (Phi) is 5.58. The Morgan fingerprint density at radius 1 is 1.13 bits per heavy atom. The Balaban J connectivity index is 2.39. The summed E-state index contributed by atoms with van der Waals surface area (Å²) in [6.07, 6.45) is 6.02. The van der Waals surface area contributed by atoms with Crippen molar-refractivity contribution in [1.29, 1.82) is 0 Å². The Hall–Kier alpha value is -0.670. The van der Waals surface area contributed by atoms with Crippen molar-refractivity contribution < 1.29 is 8.76 Å². The molecule has 1 aromatic carbocycles. The first-order valence-corrected chi connectivity index (χ1v) is 6.49. The normalized spacial score (nSPS) is 12.7. The molecule has 2 nitrogen and oxygen atoms in total. The molecule has 0 bridgehead atoms. The zero-order valence-corrected chi connectivity index (χ0v) is 9.89. The molecule has 3 heteroatoms. The van der Waals surface area contributed by atoms with Crippen molar-refractivity contribution in [3.05, 3.63) is 29.8 Å². The van der Waals surface area contributed by atoms with Gasteiger partial charge in [-0.15, -0.1) is 0 Å². The van der Waals surface area contributed by atoms with Gasteiger partial charge in [-0.3, -0.25) is 4.21 Å². The molecule has 1 unspecified atom stereocenters. The second kappa shape index (κ2) is 6.75. The van der Waals surface area contributed by atoms with Crippen LogP contribution in [0.3, 0.4) is 0 Å². The van der Waals surface area contributed by atoms with Crippen molar-refractivity contribution in [1.82, 2.24) is 0 Å². The van der Waals surface area contributed by atoms with E-state index in [1.54, 1.807) is 12.1 Å². The average Bonchev–Trinajstić information content (AvgIpc) is 2.25. The summed E-state index contributed by atoms with van der Waals surface area (Å²) in [4.78, 5) is 0.368. The van der Waals surface area contributed by atoms with Crippen LogP contribution in [0.5, 0.6) is 0 Å². The SMILES string of the molecule is CCCCCCc1ccc(S(=O)[O-])cc1. The molecule has 0 aliphatic heterocycles. The summed E-state index contributed by atoms with van der Waals surface area (Å²) in [5.74, 6) is 0. The van der Waals surface area contributed by atoms with Gasteiger partial charge < -0.3 is 4.55 Å². The molecule has 0 amide bonds. The van der Waals surface area contributed by atoms with Gasteiger partial charge in [0.25, 0.3) is 0 Å². The summed E-state index contributed by atoms with van der Waals surface area (Å²) in [7, 11) is 0. The number of hydrogen-bond donors (Lipinski definition) is 0. The van der Waals surface area contributed by atoms with Crippen molar-refractivity contribution in [2.75, 3.05) is 0 Å². The molecule has 0 aliphatic carbocycles. The molecule has 0 aliphatic rings. The van der Waals surface area contributed by atoms with E-state index in [9.17, 15) is 8.76 Å². The van der Waals surface area contributed by atoms with Gasteiger partial charge in [0.2, 0.25) is 0 Å². The molecule has 84 valence electrons. The van der Waals surface area contributed by atoms with Gasteiger partial charge in [0.1, 0.15) is 0 Å². The zero-order chi connectivity index (χ0) is 11.1. The van der Waals surface area contributed by atoms with E-state index >= 15 is 0 Å². The number of hydrogen-bond acceptors (Lipinski definition) is 2. The molecule has 0 aromatic heterocycles. The number of benzene rings is 1. The molecular formula is C12H17O2S-. The Labute approximate surface area is 94.0 Å². The lowest BCUT2D eigenvalue weighted by atomic mass is 10.1. The van der Waals surface area contributed by atoms with Gasteiger partial charge >= 0.3 is 0 Å². The zero-order valence-electron chi connectivity index (χ0n) is 9.07. The van der Waals surface area contributed by atoms with Gasteiger partial charge in [-0.05, 0) is 41.6 Å². The van der Waals surface area contributed by atoms with Crippen molar-refractivity contribution >= 4 is 11.1 Å². The maximum atomic E-state index is 10.6. The molecule has 1 aromatic rings. The fourth-order valence-corrected chi connectivity index (χ4v) is 1.88. The molecule has 0 saturated heterocycles. The second-order valence-electron chi connectivity index (χ2n) is 3.69. The third-order valence-corrected chi connectivity index (χ3v) is 3.09. The van der Waals surface area contributed by atoms with Crippen molar-refractivity contribution in [2.45, 2.75) is 43.9 Å². The van der Waals surface area contributed by atoms with Crippen LogP contribution in [0.1, 0.15) is 38.2 Å². The molecule has 0 saturated carbocycles. The van der Waals surface area contributed by atoms with E-state index in [1.807, 2.05) is 12.1 Å². The van der Waals surface area contributed by atoms with E-state index < -0.39 is 11.1 Å². The van der Waals surface area contributed by atoms with E-state index in [-0.39, 0.29) is 0 Å². The third kappa shape index (κ3) is 4.58. The monoisotopic (exact) mass is 225 g/mol. The van der Waals surface area contributed by atoms with Crippen molar-refractivity contribution in [2.24, 2.45) is 0 Å². The first-order chi connectivity index (χ1) is 7.24. The van der Waals surface area contributed by atoms with Gasteiger partial charge in [-0.2, -0.15) is 0 Å². The summed E-state index contributed by atoms with van der Waals surface area (Å²) < 4.78 is 21.2. The first kappa shape index (κ1) is 12.4. The molecule has 1 rings (SSSR count). The highest BCUT2D eigenvalue weighted by molar-refractivity contribution is 7.79. The molecule has 1 atom stereocenters. The van der Waals surface area contributed by atoms with Crippen LogP contribution in [0.4, 0.5) is 0 Å². The minimum absolute atomic E-state index is 0.368. The molecule has 0 heterocycles. The standard InChI is InChI=1S/C12H18O2S/c1-2-3-4-5-6-11-7-9-12(10-8-11)15(13)14/h7-10H,2-6H2,1H3,(H,13,14)/p-1. The molecular weight excluding hydrogens is 208 g/mol. The maximum Gasteiger partial charge on any atom is 0.0248 e. The predicted molar refractivity (Wildman–Crippen MR) is 61.5 cm³/mol. The highest BCUT2D eigenvalue weighted by Gasteiger charge is 1.95. The highest BCUT2D eigenvalue weighted by atomic mass is 32.2. The van der Waals surface area contributed by atoms with Gasteiger partial charge in [0, 0.05) is 4.90 Å². The average molecular weight is 225 g/mol. The topological polar surface area (TPSA) is 40.1 Å². The Bertz CT molecular complexity index is 306. The van der Waals surface area contributed by atoms with Crippen LogP contribution in [0.25, 0.3) is 0 Å². The molecule has 0 spiro atoms. The fourth-order valence-electron chi connectivity index (χ4n) is 1.52. The second-order valence-corrected chi connectivity index (χ2v) is 4.63. The van der Waals surface area contributed by atoms with Crippen LogP contribution in [-0.2, 0) is 17.5 Å². The van der Waals surface area contributed by atoms with Gasteiger partial charge in [-0.25, -0.2) is 0 Å². The summed E-state index contributed by atoms with van der Waals surface area (Å²) in [5, 5.41) is 0. The van der Waals surface area contributed by atoms with Crippen molar-refractivity contribution in [3.63, 3.8) is 0 Å². The maximum absolute atomic E-state index is 10.6. The summed E-state index contributed by atoms with van der Waals surface area (Å²) in [5.41, 5.74) is 1.22. The Morgan fingerprint density at radius 3 is 2.33 bits per heavy atom. The summed E-state index contributed by atoms with van der Waals surface area (Å²) in [6.45, 7) is 2.19.